The van der Waals surface area contributed by atoms with Gasteiger partial charge in [0.1, 0.15) is 11.3 Å². The first kappa shape index (κ1) is 13.9. The first-order chi connectivity index (χ1) is 10.7. The third-order valence-electron chi connectivity index (χ3n) is 3.18. The lowest BCUT2D eigenvalue weighted by Crippen LogP contribution is -1.98. The number of methoxy groups -OCH3 is 1. The van der Waals surface area contributed by atoms with E-state index in [1.54, 1.807) is 30.3 Å². The largest absolute Gasteiger partial charge is 0.504 e. The van der Waals surface area contributed by atoms with E-state index in [1.807, 2.05) is 12.1 Å². The Morgan fingerprint density at radius 3 is 2.82 bits per heavy atom. The summed E-state index contributed by atoms with van der Waals surface area (Å²) in [5, 5.41) is 10.4. The number of phenolic OH excluding ortho intramolecular Hbond substituents is 1. The molecule has 3 rings (SSSR count). The molecule has 3 aromatic rings. The molecule has 0 unspecified atom stereocenters. The van der Waals surface area contributed by atoms with Crippen molar-refractivity contribution in [3.8, 4) is 11.5 Å². The molecule has 1 heterocycles. The lowest BCUT2D eigenvalue weighted by Gasteiger charge is -2.03. The molecule has 0 aliphatic carbocycles. The SMILES string of the molecule is COc1cc(C=Nc2cc3ccccc3oc2=O)ccc1O. The standard InChI is InChI=1S/C17H13NO4/c1-21-16-8-11(6-7-14(16)19)10-18-13-9-12-4-2-3-5-15(12)22-17(13)20/h2-10,19H,1H3. The average Bonchev–Trinajstić information content (AvgIpc) is 2.54. The highest BCUT2D eigenvalue weighted by Crippen LogP contribution is 2.25. The maximum Gasteiger partial charge on any atom is 0.362 e. The number of aliphatic imine (C=N–C) groups is 1. The van der Waals surface area contributed by atoms with Crippen LogP contribution in [0.25, 0.3) is 11.0 Å². The molecule has 0 aliphatic heterocycles. The van der Waals surface area contributed by atoms with Crippen LogP contribution in [0.1, 0.15) is 5.56 Å². The van der Waals surface area contributed by atoms with Gasteiger partial charge in [0, 0.05) is 11.6 Å². The molecule has 0 saturated carbocycles. The molecule has 0 bridgehead atoms. The van der Waals surface area contributed by atoms with Crippen molar-refractivity contribution in [2.24, 2.45) is 4.99 Å². The molecular formula is C17H13NO4. The van der Waals surface area contributed by atoms with Crippen LogP contribution >= 0.6 is 0 Å². The van der Waals surface area contributed by atoms with Crippen molar-refractivity contribution in [3.63, 3.8) is 0 Å². The molecule has 0 aliphatic rings. The normalized spacial score (nSPS) is 11.1. The maximum absolute atomic E-state index is 11.9. The van der Waals surface area contributed by atoms with E-state index in [0.717, 1.165) is 5.39 Å². The van der Waals surface area contributed by atoms with E-state index in [1.165, 1.54) is 19.4 Å². The molecule has 2 aromatic carbocycles. The van der Waals surface area contributed by atoms with E-state index in [-0.39, 0.29) is 11.4 Å². The fourth-order valence-corrected chi connectivity index (χ4v) is 2.06. The van der Waals surface area contributed by atoms with Crippen LogP contribution < -0.4 is 10.4 Å². The zero-order chi connectivity index (χ0) is 15.5. The Hall–Kier alpha value is -3.08. The van der Waals surface area contributed by atoms with Crippen LogP contribution in [-0.2, 0) is 0 Å². The minimum absolute atomic E-state index is 0.0462. The van der Waals surface area contributed by atoms with Gasteiger partial charge in [-0.25, -0.2) is 9.79 Å². The third kappa shape index (κ3) is 2.69. The lowest BCUT2D eigenvalue weighted by atomic mass is 10.2. The Balaban J connectivity index is 1.98. The maximum atomic E-state index is 11.9. The number of hydrogen-bond acceptors (Lipinski definition) is 5. The van der Waals surface area contributed by atoms with Crippen molar-refractivity contribution in [1.82, 2.24) is 0 Å². The molecule has 0 radical (unpaired) electrons. The van der Waals surface area contributed by atoms with Crippen molar-refractivity contribution in [3.05, 3.63) is 64.5 Å². The molecular weight excluding hydrogens is 282 g/mol. The number of ether oxygens (including phenoxy) is 1. The highest BCUT2D eigenvalue weighted by atomic mass is 16.5. The summed E-state index contributed by atoms with van der Waals surface area (Å²) in [5.74, 6) is 0.388. The van der Waals surface area contributed by atoms with E-state index < -0.39 is 5.63 Å². The quantitative estimate of drug-likeness (QED) is 0.594. The van der Waals surface area contributed by atoms with Gasteiger partial charge in [-0.1, -0.05) is 18.2 Å². The summed E-state index contributed by atoms with van der Waals surface area (Å²) in [6, 6.07) is 13.7. The molecule has 1 N–H and O–H groups in total. The van der Waals surface area contributed by atoms with Gasteiger partial charge in [-0.2, -0.15) is 0 Å². The lowest BCUT2D eigenvalue weighted by molar-refractivity contribution is 0.373. The van der Waals surface area contributed by atoms with Gasteiger partial charge >= 0.3 is 5.63 Å². The first-order valence-corrected chi connectivity index (χ1v) is 6.61. The number of fused-ring (bicyclic) bond motifs is 1. The minimum Gasteiger partial charge on any atom is -0.504 e. The van der Waals surface area contributed by atoms with Crippen molar-refractivity contribution in [2.75, 3.05) is 7.11 Å². The summed E-state index contributed by atoms with van der Waals surface area (Å²) in [6.07, 6.45) is 1.52. The predicted octanol–water partition coefficient (Wildman–Crippen LogP) is 3.26. The second-order valence-electron chi connectivity index (χ2n) is 4.65. The first-order valence-electron chi connectivity index (χ1n) is 6.61. The smallest absolute Gasteiger partial charge is 0.362 e. The van der Waals surface area contributed by atoms with E-state index in [2.05, 4.69) is 4.99 Å². The summed E-state index contributed by atoms with van der Waals surface area (Å²) in [7, 11) is 1.47. The zero-order valence-corrected chi connectivity index (χ0v) is 11.8. The molecule has 0 atom stereocenters. The van der Waals surface area contributed by atoms with Gasteiger partial charge in [0.25, 0.3) is 0 Å². The summed E-state index contributed by atoms with van der Waals surface area (Å²) >= 11 is 0. The Kier molecular flexibility index (Phi) is 3.62. The molecule has 110 valence electrons. The zero-order valence-electron chi connectivity index (χ0n) is 11.8. The Labute approximate surface area is 126 Å². The number of hydrogen-bond donors (Lipinski definition) is 1. The molecule has 5 heteroatoms. The van der Waals surface area contributed by atoms with E-state index in [4.69, 9.17) is 9.15 Å². The Morgan fingerprint density at radius 1 is 1.18 bits per heavy atom. The van der Waals surface area contributed by atoms with Crippen molar-refractivity contribution >= 4 is 22.9 Å². The van der Waals surface area contributed by atoms with E-state index >= 15 is 0 Å². The van der Waals surface area contributed by atoms with Crippen molar-refractivity contribution in [1.29, 1.82) is 0 Å². The summed E-state index contributed by atoms with van der Waals surface area (Å²) < 4.78 is 10.2. The highest BCUT2D eigenvalue weighted by Gasteiger charge is 2.04. The fraction of sp³-hybridized carbons (Fsp3) is 0.0588. The number of nitrogens with zero attached hydrogens (tertiary/aromatic N) is 1. The Morgan fingerprint density at radius 2 is 2.00 bits per heavy atom. The monoisotopic (exact) mass is 295 g/mol. The molecule has 0 saturated heterocycles. The van der Waals surface area contributed by atoms with Gasteiger partial charge in [0.05, 0.1) is 7.11 Å². The number of phenols is 1. The van der Waals surface area contributed by atoms with Crippen LogP contribution in [-0.4, -0.2) is 18.4 Å². The topological polar surface area (TPSA) is 72.0 Å². The van der Waals surface area contributed by atoms with Crippen molar-refractivity contribution < 1.29 is 14.3 Å². The van der Waals surface area contributed by atoms with Crippen LogP contribution in [0.5, 0.6) is 11.5 Å². The molecule has 5 nitrogen and oxygen atoms in total. The number of rotatable bonds is 3. The Bertz CT molecular complexity index is 912. The van der Waals surface area contributed by atoms with E-state index in [0.29, 0.717) is 16.9 Å². The number of para-hydroxylation sites is 1. The van der Waals surface area contributed by atoms with Crippen LogP contribution in [0, 0.1) is 0 Å². The van der Waals surface area contributed by atoms with Gasteiger partial charge in [0.2, 0.25) is 0 Å². The molecule has 1 aromatic heterocycles. The van der Waals surface area contributed by atoms with Gasteiger partial charge in [-0.05, 0) is 35.9 Å². The van der Waals surface area contributed by atoms with Gasteiger partial charge in [-0.15, -0.1) is 0 Å². The van der Waals surface area contributed by atoms with Crippen LogP contribution in [0.3, 0.4) is 0 Å². The van der Waals surface area contributed by atoms with Crippen LogP contribution in [0.15, 0.2) is 62.7 Å². The molecule has 0 fully saturated rings. The minimum atomic E-state index is -0.499. The molecule has 0 spiro atoms. The number of aromatic hydroxyl groups is 1. The second-order valence-corrected chi connectivity index (χ2v) is 4.65. The second kappa shape index (κ2) is 5.73. The number of benzene rings is 2. The third-order valence-corrected chi connectivity index (χ3v) is 3.18. The van der Waals surface area contributed by atoms with Crippen molar-refractivity contribution in [2.45, 2.75) is 0 Å². The molecule has 22 heavy (non-hydrogen) atoms. The van der Waals surface area contributed by atoms with Crippen LogP contribution in [0.2, 0.25) is 0 Å². The fourth-order valence-electron chi connectivity index (χ4n) is 2.06. The summed E-state index contributed by atoms with van der Waals surface area (Å²) in [6.45, 7) is 0. The molecule has 0 amide bonds. The summed E-state index contributed by atoms with van der Waals surface area (Å²) in [4.78, 5) is 16.0. The van der Waals surface area contributed by atoms with Crippen LogP contribution in [0.4, 0.5) is 5.69 Å². The van der Waals surface area contributed by atoms with Gasteiger partial charge in [0.15, 0.2) is 11.5 Å². The van der Waals surface area contributed by atoms with Gasteiger partial charge in [-0.3, -0.25) is 0 Å². The average molecular weight is 295 g/mol. The summed E-state index contributed by atoms with van der Waals surface area (Å²) in [5.41, 5.74) is 0.936. The predicted molar refractivity (Wildman–Crippen MR) is 84.4 cm³/mol. The highest BCUT2D eigenvalue weighted by molar-refractivity contribution is 5.85. The van der Waals surface area contributed by atoms with E-state index in [9.17, 15) is 9.90 Å². The van der Waals surface area contributed by atoms with Gasteiger partial charge < -0.3 is 14.3 Å².